The first-order chi connectivity index (χ1) is 3.31. The molecule has 7 heavy (non-hydrogen) atoms. The van der Waals surface area contributed by atoms with Gasteiger partial charge in [-0.3, -0.25) is 0 Å². The number of carbonyl (C=O) groups excluding carboxylic acids is 1. The summed E-state index contributed by atoms with van der Waals surface area (Å²) in [5.74, 6) is 0. The van der Waals surface area contributed by atoms with Crippen LogP contribution in [0.25, 0.3) is 0 Å². The molecule has 0 bridgehead atoms. The van der Waals surface area contributed by atoms with Crippen molar-refractivity contribution in [3.63, 3.8) is 0 Å². The number of carbonyl (C=O) groups is 1. The molecule has 0 aliphatic rings. The Hall–Kier alpha value is -0.0300. The fourth-order valence-electron chi connectivity index (χ4n) is 0.0755. The maximum absolute atomic E-state index is 10.0. The molecule has 0 radical (unpaired) electrons. The van der Waals surface area contributed by atoms with Gasteiger partial charge < -0.3 is 9.50 Å². The standard InChI is InChI=1S/C2H5NO2S2/c1-3-2(4)5-7-6/h6H,1H3,(H,3,4). The molecule has 0 rings (SSSR count). The predicted molar refractivity (Wildman–Crippen MR) is 32.1 cm³/mol. The molecule has 0 aromatic heterocycles. The van der Waals surface area contributed by atoms with Gasteiger partial charge in [-0.25, -0.2) is 4.79 Å². The fraction of sp³-hybridized carbons (Fsp3) is 0.500. The van der Waals surface area contributed by atoms with E-state index in [1.807, 2.05) is 0 Å². The molecule has 0 spiro atoms. The van der Waals surface area contributed by atoms with Gasteiger partial charge in [-0.1, -0.05) is 11.7 Å². The maximum Gasteiger partial charge on any atom is 0.419 e. The lowest BCUT2D eigenvalue weighted by molar-refractivity contribution is 0.211. The third-order valence-corrected chi connectivity index (χ3v) is 0.767. The molecule has 1 amide bonds. The Morgan fingerprint density at radius 1 is 2.00 bits per heavy atom. The van der Waals surface area contributed by atoms with Crippen molar-refractivity contribution in [2.75, 3.05) is 7.05 Å². The van der Waals surface area contributed by atoms with Gasteiger partial charge in [-0.15, -0.1) is 0 Å². The van der Waals surface area contributed by atoms with Gasteiger partial charge in [-0.05, 0) is 0 Å². The lowest BCUT2D eigenvalue weighted by Crippen LogP contribution is -2.15. The largest absolute Gasteiger partial charge is 0.419 e. The van der Waals surface area contributed by atoms with E-state index in [1.165, 1.54) is 7.05 Å². The maximum atomic E-state index is 10.0. The van der Waals surface area contributed by atoms with Crippen LogP contribution in [-0.4, -0.2) is 13.1 Å². The van der Waals surface area contributed by atoms with Crippen LogP contribution < -0.4 is 5.32 Å². The smallest absolute Gasteiger partial charge is 0.363 e. The number of nitrogens with one attached hydrogen (secondary N) is 1. The summed E-state index contributed by atoms with van der Waals surface area (Å²) in [6, 6.07) is 0. The summed E-state index contributed by atoms with van der Waals surface area (Å²) >= 11 is 4.26. The van der Waals surface area contributed by atoms with Crippen molar-refractivity contribution < 1.29 is 8.98 Å². The zero-order valence-corrected chi connectivity index (χ0v) is 5.38. The van der Waals surface area contributed by atoms with Crippen LogP contribution in [0, 0.1) is 0 Å². The number of hydrogen-bond acceptors (Lipinski definition) is 4. The second-order valence-corrected chi connectivity index (χ2v) is 1.46. The van der Waals surface area contributed by atoms with Crippen LogP contribution in [0.2, 0.25) is 0 Å². The van der Waals surface area contributed by atoms with Gasteiger partial charge in [0, 0.05) is 7.05 Å². The second-order valence-electron chi connectivity index (χ2n) is 0.695. The van der Waals surface area contributed by atoms with E-state index in [1.54, 1.807) is 0 Å². The van der Waals surface area contributed by atoms with E-state index in [0.717, 1.165) is 0 Å². The molecule has 5 heteroatoms. The fourth-order valence-corrected chi connectivity index (χ4v) is 0.430. The third-order valence-electron chi connectivity index (χ3n) is 0.317. The summed E-state index contributed by atoms with van der Waals surface area (Å²) < 4.78 is 4.22. The van der Waals surface area contributed by atoms with E-state index in [4.69, 9.17) is 0 Å². The van der Waals surface area contributed by atoms with Gasteiger partial charge >= 0.3 is 6.09 Å². The van der Waals surface area contributed by atoms with Crippen LogP contribution in [0.5, 0.6) is 0 Å². The van der Waals surface area contributed by atoms with E-state index >= 15 is 0 Å². The molecule has 0 aliphatic carbocycles. The quantitative estimate of drug-likeness (QED) is 0.321. The lowest BCUT2D eigenvalue weighted by atomic mass is 11.1. The molecule has 0 fully saturated rings. The highest BCUT2D eigenvalue weighted by atomic mass is 33.1. The summed E-state index contributed by atoms with van der Waals surface area (Å²) in [6.07, 6.45) is -0.486. The molecule has 0 unspecified atom stereocenters. The molecule has 0 aromatic carbocycles. The Balaban J connectivity index is 3.00. The summed E-state index contributed by atoms with van der Waals surface area (Å²) in [4.78, 5) is 10.0. The minimum atomic E-state index is -0.486. The zero-order chi connectivity index (χ0) is 5.70. The van der Waals surface area contributed by atoms with Gasteiger partial charge in [0.1, 0.15) is 11.1 Å². The molecule has 0 saturated carbocycles. The zero-order valence-electron chi connectivity index (χ0n) is 3.67. The Morgan fingerprint density at radius 2 is 2.57 bits per heavy atom. The van der Waals surface area contributed by atoms with Crippen LogP contribution >= 0.6 is 22.7 Å². The summed E-state index contributed by atoms with van der Waals surface area (Å²) in [5.41, 5.74) is 0. The highest BCUT2D eigenvalue weighted by molar-refractivity contribution is 8.66. The molecule has 0 saturated heterocycles. The van der Waals surface area contributed by atoms with Crippen molar-refractivity contribution in [2.24, 2.45) is 0 Å². The molecule has 0 aliphatic heterocycles. The highest BCUT2D eigenvalue weighted by Gasteiger charge is 1.91. The molecule has 0 aromatic rings. The van der Waals surface area contributed by atoms with Gasteiger partial charge in [0.2, 0.25) is 0 Å². The van der Waals surface area contributed by atoms with E-state index < -0.39 is 6.09 Å². The van der Waals surface area contributed by atoms with Crippen LogP contribution in [0.1, 0.15) is 0 Å². The first-order valence-electron chi connectivity index (χ1n) is 1.51. The number of thiol groups is 1. The summed E-state index contributed by atoms with van der Waals surface area (Å²) in [6.45, 7) is 0. The van der Waals surface area contributed by atoms with Crippen LogP contribution in [0.15, 0.2) is 0 Å². The predicted octanol–water partition coefficient (Wildman–Crippen LogP) is 0.835. The Kier molecular flexibility index (Phi) is 4.12. The van der Waals surface area contributed by atoms with E-state index in [-0.39, 0.29) is 0 Å². The van der Waals surface area contributed by atoms with Gasteiger partial charge in [-0.2, -0.15) is 0 Å². The van der Waals surface area contributed by atoms with Crippen molar-refractivity contribution >= 4 is 28.8 Å². The number of amides is 1. The molecule has 42 valence electrons. The van der Waals surface area contributed by atoms with Crippen molar-refractivity contribution in [1.29, 1.82) is 0 Å². The second kappa shape index (κ2) is 4.14. The van der Waals surface area contributed by atoms with E-state index in [9.17, 15) is 4.79 Å². The molecule has 1 N–H and O–H groups in total. The number of hydrogen-bond donors (Lipinski definition) is 2. The number of rotatable bonds is 1. The summed E-state index contributed by atoms with van der Waals surface area (Å²) in [7, 11) is 1.48. The van der Waals surface area contributed by atoms with Crippen molar-refractivity contribution in [1.82, 2.24) is 5.32 Å². The molecular formula is C2H5NO2S2. The minimum absolute atomic E-state index is 0.486. The van der Waals surface area contributed by atoms with Gasteiger partial charge in [0.05, 0.1) is 0 Å². The SMILES string of the molecule is CNC(=O)OSS. The molecule has 0 heterocycles. The van der Waals surface area contributed by atoms with Crippen LogP contribution in [0.4, 0.5) is 4.79 Å². The average Bonchev–Trinajstić information content (AvgIpc) is 1.68. The van der Waals surface area contributed by atoms with Crippen molar-refractivity contribution in [3.05, 3.63) is 0 Å². The Morgan fingerprint density at radius 3 is 2.71 bits per heavy atom. The Bertz CT molecular complexity index is 66.7. The normalized spacial score (nSPS) is 7.71. The molecule has 3 nitrogen and oxygen atoms in total. The highest BCUT2D eigenvalue weighted by Crippen LogP contribution is 2.05. The molecular weight excluding hydrogens is 134 g/mol. The third kappa shape index (κ3) is 3.81. The van der Waals surface area contributed by atoms with Crippen molar-refractivity contribution in [3.8, 4) is 0 Å². The first kappa shape index (κ1) is 6.97. The van der Waals surface area contributed by atoms with Gasteiger partial charge in [0.15, 0.2) is 0 Å². The lowest BCUT2D eigenvalue weighted by Gasteiger charge is -1.92. The van der Waals surface area contributed by atoms with Crippen molar-refractivity contribution in [2.45, 2.75) is 0 Å². The first-order valence-corrected chi connectivity index (χ1v) is 3.30. The van der Waals surface area contributed by atoms with Gasteiger partial charge in [0.25, 0.3) is 0 Å². The monoisotopic (exact) mass is 139 g/mol. The van der Waals surface area contributed by atoms with Crippen LogP contribution in [-0.2, 0) is 4.18 Å². The Labute approximate surface area is 50.8 Å². The van der Waals surface area contributed by atoms with Crippen LogP contribution in [0.3, 0.4) is 0 Å². The van der Waals surface area contributed by atoms with E-state index in [0.29, 0.717) is 11.1 Å². The molecule has 0 atom stereocenters. The minimum Gasteiger partial charge on any atom is -0.363 e. The van der Waals surface area contributed by atoms with E-state index in [2.05, 4.69) is 21.2 Å². The topological polar surface area (TPSA) is 38.3 Å². The average molecular weight is 139 g/mol. The summed E-state index contributed by atoms with van der Waals surface area (Å²) in [5, 5.41) is 2.24.